The van der Waals surface area contributed by atoms with Crippen LogP contribution in [0.4, 0.5) is 5.69 Å². The van der Waals surface area contributed by atoms with Crippen LogP contribution in [0, 0.1) is 0 Å². The second-order valence-electron chi connectivity index (χ2n) is 5.87. The topological polar surface area (TPSA) is 96.5 Å². The molecule has 1 fully saturated rings. The second kappa shape index (κ2) is 6.12. The van der Waals surface area contributed by atoms with Gasteiger partial charge in [0.1, 0.15) is 15.7 Å². The molecule has 3 aromatic rings. The number of carboxylic acids is 1. The average molecular weight is 373 g/mol. The minimum Gasteiger partial charge on any atom is -0.480 e. The van der Waals surface area contributed by atoms with Gasteiger partial charge in [-0.1, -0.05) is 6.07 Å². The minimum absolute atomic E-state index is 0.317. The minimum atomic E-state index is -0.969. The summed E-state index contributed by atoms with van der Waals surface area (Å²) in [5.41, 5.74) is 7.40. The van der Waals surface area contributed by atoms with Gasteiger partial charge in [0, 0.05) is 11.9 Å². The first-order chi connectivity index (χ1) is 12.1. The predicted molar refractivity (Wildman–Crippen MR) is 99.0 cm³/mol. The maximum atomic E-state index is 12.8. The number of likely N-dealkylation sites (tertiary alicyclic amines) is 1. The molecule has 25 heavy (non-hydrogen) atoms. The second-order valence-corrected chi connectivity index (χ2v) is 7.81. The van der Waals surface area contributed by atoms with E-state index in [0.717, 1.165) is 16.0 Å². The molecule has 1 aliphatic heterocycles. The van der Waals surface area contributed by atoms with Gasteiger partial charge >= 0.3 is 5.97 Å². The number of pyridine rings is 1. The Morgan fingerprint density at radius 3 is 2.88 bits per heavy atom. The van der Waals surface area contributed by atoms with E-state index in [1.165, 1.54) is 16.2 Å². The van der Waals surface area contributed by atoms with Gasteiger partial charge in [0.25, 0.3) is 5.91 Å². The maximum Gasteiger partial charge on any atom is 0.326 e. The highest BCUT2D eigenvalue weighted by atomic mass is 32.1. The van der Waals surface area contributed by atoms with E-state index in [4.69, 9.17) is 5.73 Å². The highest BCUT2D eigenvalue weighted by Crippen LogP contribution is 2.36. The Hall–Kier alpha value is -2.45. The lowest BCUT2D eigenvalue weighted by molar-refractivity contribution is -0.141. The first-order valence-corrected chi connectivity index (χ1v) is 9.52. The van der Waals surface area contributed by atoms with Gasteiger partial charge in [-0.05, 0) is 36.4 Å². The van der Waals surface area contributed by atoms with Crippen LogP contribution in [-0.4, -0.2) is 39.5 Å². The number of carbonyl (C=O) groups excluding carboxylic acids is 1. The van der Waals surface area contributed by atoms with Crippen LogP contribution < -0.4 is 5.73 Å². The smallest absolute Gasteiger partial charge is 0.326 e. The van der Waals surface area contributed by atoms with Crippen molar-refractivity contribution in [3.63, 3.8) is 0 Å². The molecule has 128 valence electrons. The number of nitrogens with zero attached hydrogens (tertiary/aromatic N) is 2. The predicted octanol–water partition coefficient (Wildman–Crippen LogP) is 3.30. The van der Waals surface area contributed by atoms with Crippen LogP contribution >= 0.6 is 22.7 Å². The van der Waals surface area contributed by atoms with Crippen molar-refractivity contribution < 1.29 is 14.7 Å². The molecule has 8 heteroatoms. The molecule has 1 atom stereocenters. The number of nitrogen functional groups attached to an aromatic ring is 1. The van der Waals surface area contributed by atoms with E-state index in [1.54, 1.807) is 11.3 Å². The molecule has 0 spiro atoms. The molecule has 4 rings (SSSR count). The first kappa shape index (κ1) is 16.0. The molecule has 6 nitrogen and oxygen atoms in total. The lowest BCUT2D eigenvalue weighted by Crippen LogP contribution is -2.40. The fourth-order valence-electron chi connectivity index (χ4n) is 3.11. The van der Waals surface area contributed by atoms with Crippen molar-refractivity contribution in [2.75, 3.05) is 12.3 Å². The number of anilines is 1. The van der Waals surface area contributed by atoms with E-state index < -0.39 is 12.0 Å². The standard InChI is InChI=1S/C17H15N3O3S2/c18-13-9-5-6-10(12-4-2-8-24-12)19-15(9)25-14(13)16(21)20-7-1-3-11(20)17(22)23/h2,4-6,8,11H,1,3,7,18H2,(H,22,23)/t11-/m1/s1. The van der Waals surface area contributed by atoms with Crippen LogP contribution in [0.25, 0.3) is 20.8 Å². The van der Waals surface area contributed by atoms with Gasteiger partial charge in [0.05, 0.1) is 16.3 Å². The molecule has 0 bridgehead atoms. The number of nitrogens with two attached hydrogens (primary N) is 1. The number of aliphatic carboxylic acids is 1. The number of thiophene rings is 2. The summed E-state index contributed by atoms with van der Waals surface area (Å²) >= 11 is 2.82. The summed E-state index contributed by atoms with van der Waals surface area (Å²) in [6.07, 6.45) is 1.17. The molecular weight excluding hydrogens is 358 g/mol. The molecule has 3 N–H and O–H groups in total. The molecule has 1 saturated heterocycles. The van der Waals surface area contributed by atoms with Crippen LogP contribution in [-0.2, 0) is 4.79 Å². The summed E-state index contributed by atoms with van der Waals surface area (Å²) in [4.78, 5) is 32.3. The summed E-state index contributed by atoms with van der Waals surface area (Å²) in [6, 6.07) is 6.94. The lowest BCUT2D eigenvalue weighted by atomic mass is 10.2. The molecule has 1 amide bonds. The molecule has 0 aromatic carbocycles. The zero-order valence-corrected chi connectivity index (χ0v) is 14.8. The quantitative estimate of drug-likeness (QED) is 0.734. The fourth-order valence-corrected chi connectivity index (χ4v) is 4.86. The van der Waals surface area contributed by atoms with E-state index in [2.05, 4.69) is 4.98 Å². The number of hydrogen-bond acceptors (Lipinski definition) is 6. The van der Waals surface area contributed by atoms with Gasteiger partial charge < -0.3 is 15.7 Å². The summed E-state index contributed by atoms with van der Waals surface area (Å²) < 4.78 is 0. The van der Waals surface area contributed by atoms with E-state index in [0.29, 0.717) is 34.8 Å². The van der Waals surface area contributed by atoms with E-state index in [1.807, 2.05) is 29.6 Å². The summed E-state index contributed by atoms with van der Waals surface area (Å²) in [5.74, 6) is -1.29. The zero-order chi connectivity index (χ0) is 17.6. The Kier molecular flexibility index (Phi) is 3.93. The Bertz CT molecular complexity index is 965. The Morgan fingerprint density at radius 2 is 2.16 bits per heavy atom. The van der Waals surface area contributed by atoms with Crippen LogP contribution in [0.15, 0.2) is 29.6 Å². The molecule has 0 unspecified atom stereocenters. The number of carboxylic acid groups (broad SMARTS) is 1. The number of aromatic nitrogens is 1. The van der Waals surface area contributed by atoms with Gasteiger partial charge in [0.15, 0.2) is 0 Å². The number of fused-ring (bicyclic) bond motifs is 1. The fraction of sp³-hybridized carbons (Fsp3) is 0.235. The third kappa shape index (κ3) is 2.67. The molecule has 3 aromatic heterocycles. The molecule has 4 heterocycles. The zero-order valence-electron chi connectivity index (χ0n) is 13.1. The largest absolute Gasteiger partial charge is 0.480 e. The van der Waals surface area contributed by atoms with Crippen molar-refractivity contribution in [3.05, 3.63) is 34.5 Å². The highest BCUT2D eigenvalue weighted by molar-refractivity contribution is 7.21. The van der Waals surface area contributed by atoms with Crippen LogP contribution in [0.3, 0.4) is 0 Å². The third-order valence-electron chi connectivity index (χ3n) is 4.36. The van der Waals surface area contributed by atoms with Crippen molar-refractivity contribution in [1.82, 2.24) is 9.88 Å². The molecule has 0 aliphatic carbocycles. The van der Waals surface area contributed by atoms with Gasteiger partial charge in [-0.15, -0.1) is 22.7 Å². The lowest BCUT2D eigenvalue weighted by Gasteiger charge is -2.20. The summed E-state index contributed by atoms with van der Waals surface area (Å²) in [6.45, 7) is 0.442. The first-order valence-electron chi connectivity index (χ1n) is 7.83. The average Bonchev–Trinajstić information content (AvgIpc) is 3.34. The van der Waals surface area contributed by atoms with Crippen LogP contribution in [0.1, 0.15) is 22.5 Å². The van der Waals surface area contributed by atoms with E-state index in [9.17, 15) is 14.7 Å². The van der Waals surface area contributed by atoms with Gasteiger partial charge in [-0.2, -0.15) is 0 Å². The van der Waals surface area contributed by atoms with E-state index in [-0.39, 0.29) is 5.91 Å². The molecular formula is C17H15N3O3S2. The Balaban J connectivity index is 1.74. The van der Waals surface area contributed by atoms with Crippen molar-refractivity contribution in [2.45, 2.75) is 18.9 Å². The molecule has 0 saturated carbocycles. The molecule has 0 radical (unpaired) electrons. The van der Waals surface area contributed by atoms with Gasteiger partial charge in [-0.3, -0.25) is 4.79 Å². The van der Waals surface area contributed by atoms with Crippen molar-refractivity contribution in [2.24, 2.45) is 0 Å². The van der Waals surface area contributed by atoms with Crippen molar-refractivity contribution >= 4 is 50.5 Å². The number of carbonyl (C=O) groups is 2. The maximum absolute atomic E-state index is 12.8. The highest BCUT2D eigenvalue weighted by Gasteiger charge is 2.36. The van der Waals surface area contributed by atoms with Crippen LogP contribution in [0.5, 0.6) is 0 Å². The number of amides is 1. The van der Waals surface area contributed by atoms with Crippen molar-refractivity contribution in [3.8, 4) is 10.6 Å². The summed E-state index contributed by atoms with van der Waals surface area (Å²) in [5, 5.41) is 12.0. The Labute approximate surface area is 151 Å². The summed E-state index contributed by atoms with van der Waals surface area (Å²) in [7, 11) is 0. The van der Waals surface area contributed by atoms with E-state index >= 15 is 0 Å². The number of rotatable bonds is 3. The normalized spacial score (nSPS) is 17.3. The SMILES string of the molecule is Nc1c(C(=O)N2CCC[C@@H]2C(=O)O)sc2nc(-c3cccs3)ccc12. The third-order valence-corrected chi connectivity index (χ3v) is 6.36. The Morgan fingerprint density at radius 1 is 1.32 bits per heavy atom. The monoisotopic (exact) mass is 373 g/mol. The number of hydrogen-bond donors (Lipinski definition) is 2. The van der Waals surface area contributed by atoms with Gasteiger partial charge in [0.2, 0.25) is 0 Å². The molecule has 1 aliphatic rings. The van der Waals surface area contributed by atoms with Gasteiger partial charge in [-0.25, -0.2) is 9.78 Å². The van der Waals surface area contributed by atoms with Crippen LogP contribution in [0.2, 0.25) is 0 Å². The van der Waals surface area contributed by atoms with Crippen molar-refractivity contribution in [1.29, 1.82) is 0 Å².